The SMILES string of the molecule is O=C(CCC1CCCCC1)NC(CCl)CCCl. The molecule has 1 unspecified atom stereocenters. The summed E-state index contributed by atoms with van der Waals surface area (Å²) in [4.78, 5) is 11.7. The molecule has 0 radical (unpaired) electrons. The number of alkyl halides is 2. The van der Waals surface area contributed by atoms with Gasteiger partial charge in [-0.1, -0.05) is 32.1 Å². The second-order valence-corrected chi connectivity index (χ2v) is 5.63. The van der Waals surface area contributed by atoms with Crippen LogP contribution in [-0.4, -0.2) is 23.7 Å². The largest absolute Gasteiger partial charge is 0.352 e. The minimum atomic E-state index is 0.0352. The van der Waals surface area contributed by atoms with Crippen LogP contribution in [0.15, 0.2) is 0 Å². The van der Waals surface area contributed by atoms with E-state index in [4.69, 9.17) is 23.2 Å². The van der Waals surface area contributed by atoms with E-state index in [-0.39, 0.29) is 11.9 Å². The third kappa shape index (κ3) is 6.52. The van der Waals surface area contributed by atoms with Gasteiger partial charge in [0.2, 0.25) is 5.91 Å². The molecule has 4 heteroatoms. The van der Waals surface area contributed by atoms with Crippen LogP contribution in [0.5, 0.6) is 0 Å². The van der Waals surface area contributed by atoms with Gasteiger partial charge in [0, 0.05) is 24.2 Å². The summed E-state index contributed by atoms with van der Waals surface area (Å²) in [5.74, 6) is 1.88. The molecular weight excluding hydrogens is 257 g/mol. The summed E-state index contributed by atoms with van der Waals surface area (Å²) in [6.07, 6.45) is 9.06. The number of carbonyl (C=O) groups excluding carboxylic acids is 1. The van der Waals surface area contributed by atoms with E-state index >= 15 is 0 Å². The van der Waals surface area contributed by atoms with E-state index in [9.17, 15) is 4.79 Å². The van der Waals surface area contributed by atoms with Gasteiger partial charge in [-0.05, 0) is 18.8 Å². The first kappa shape index (κ1) is 15.1. The Morgan fingerprint density at radius 3 is 2.53 bits per heavy atom. The molecule has 0 aliphatic heterocycles. The molecule has 0 saturated heterocycles. The van der Waals surface area contributed by atoms with Gasteiger partial charge in [-0.25, -0.2) is 0 Å². The van der Waals surface area contributed by atoms with Gasteiger partial charge >= 0.3 is 0 Å². The number of amides is 1. The second-order valence-electron chi connectivity index (χ2n) is 4.94. The normalized spacial score (nSPS) is 18.9. The van der Waals surface area contributed by atoms with Gasteiger partial charge in [0.15, 0.2) is 0 Å². The zero-order valence-electron chi connectivity index (χ0n) is 10.4. The Hall–Kier alpha value is 0.0500. The maximum atomic E-state index is 11.7. The molecular formula is C13H23Cl2NO. The monoisotopic (exact) mass is 279 g/mol. The number of carbonyl (C=O) groups is 1. The highest BCUT2D eigenvalue weighted by Gasteiger charge is 2.16. The molecule has 0 aromatic heterocycles. The van der Waals surface area contributed by atoms with Crippen molar-refractivity contribution in [3.05, 3.63) is 0 Å². The molecule has 0 heterocycles. The molecule has 17 heavy (non-hydrogen) atoms. The van der Waals surface area contributed by atoms with Crippen molar-refractivity contribution >= 4 is 29.1 Å². The van der Waals surface area contributed by atoms with Gasteiger partial charge in [-0.2, -0.15) is 0 Å². The van der Waals surface area contributed by atoms with Crippen molar-refractivity contribution in [2.75, 3.05) is 11.8 Å². The highest BCUT2D eigenvalue weighted by molar-refractivity contribution is 6.19. The van der Waals surface area contributed by atoms with E-state index in [2.05, 4.69) is 5.32 Å². The lowest BCUT2D eigenvalue weighted by molar-refractivity contribution is -0.122. The summed E-state index contributed by atoms with van der Waals surface area (Å²) in [5.41, 5.74) is 0. The van der Waals surface area contributed by atoms with Crippen molar-refractivity contribution in [3.63, 3.8) is 0 Å². The van der Waals surface area contributed by atoms with Gasteiger partial charge in [-0.15, -0.1) is 23.2 Å². The van der Waals surface area contributed by atoms with Crippen molar-refractivity contribution in [2.45, 2.75) is 57.4 Å². The number of nitrogens with one attached hydrogen (secondary N) is 1. The zero-order valence-corrected chi connectivity index (χ0v) is 11.9. The Balaban J connectivity index is 2.14. The Morgan fingerprint density at radius 1 is 1.24 bits per heavy atom. The van der Waals surface area contributed by atoms with Crippen molar-refractivity contribution in [3.8, 4) is 0 Å². The fourth-order valence-corrected chi connectivity index (χ4v) is 2.93. The summed E-state index contributed by atoms with van der Waals surface area (Å²) < 4.78 is 0. The molecule has 0 bridgehead atoms. The molecule has 0 spiro atoms. The van der Waals surface area contributed by atoms with Gasteiger partial charge in [-0.3, -0.25) is 4.79 Å². The highest BCUT2D eigenvalue weighted by Crippen LogP contribution is 2.27. The van der Waals surface area contributed by atoms with E-state index in [0.717, 1.165) is 18.8 Å². The molecule has 1 aliphatic rings. The number of hydrogen-bond acceptors (Lipinski definition) is 1. The van der Waals surface area contributed by atoms with Gasteiger partial charge < -0.3 is 5.32 Å². The third-order valence-corrected chi connectivity index (χ3v) is 4.10. The predicted octanol–water partition coefficient (Wildman–Crippen LogP) is 3.70. The summed E-state index contributed by atoms with van der Waals surface area (Å²) in [5, 5.41) is 2.95. The first-order valence-electron chi connectivity index (χ1n) is 6.67. The van der Waals surface area contributed by atoms with E-state index in [1.807, 2.05) is 0 Å². The van der Waals surface area contributed by atoms with Crippen LogP contribution >= 0.6 is 23.2 Å². The van der Waals surface area contributed by atoms with Crippen molar-refractivity contribution in [1.82, 2.24) is 5.32 Å². The van der Waals surface area contributed by atoms with Crippen molar-refractivity contribution in [2.24, 2.45) is 5.92 Å². The number of halogens is 2. The molecule has 1 N–H and O–H groups in total. The first-order valence-corrected chi connectivity index (χ1v) is 7.74. The highest BCUT2D eigenvalue weighted by atomic mass is 35.5. The van der Waals surface area contributed by atoms with Gasteiger partial charge in [0.25, 0.3) is 0 Å². The fourth-order valence-electron chi connectivity index (χ4n) is 2.43. The van der Waals surface area contributed by atoms with Crippen molar-refractivity contribution < 1.29 is 4.79 Å². The first-order chi connectivity index (χ1) is 8.26. The third-order valence-electron chi connectivity index (χ3n) is 3.51. The van der Waals surface area contributed by atoms with Crippen LogP contribution in [-0.2, 0) is 4.79 Å². The van der Waals surface area contributed by atoms with Crippen LogP contribution < -0.4 is 5.32 Å². The molecule has 1 aliphatic carbocycles. The molecule has 0 aromatic carbocycles. The Labute approximate surface area is 114 Å². The lowest BCUT2D eigenvalue weighted by atomic mass is 9.86. The van der Waals surface area contributed by atoms with Gasteiger partial charge in [0.05, 0.1) is 0 Å². The molecule has 1 fully saturated rings. The van der Waals surface area contributed by atoms with Crippen LogP contribution in [0.2, 0.25) is 0 Å². The van der Waals surface area contributed by atoms with Crippen LogP contribution in [0.4, 0.5) is 0 Å². The minimum Gasteiger partial charge on any atom is -0.352 e. The van der Waals surface area contributed by atoms with Crippen LogP contribution in [0, 0.1) is 5.92 Å². The smallest absolute Gasteiger partial charge is 0.220 e. The van der Waals surface area contributed by atoms with E-state index in [1.165, 1.54) is 32.1 Å². The summed E-state index contributed by atoms with van der Waals surface area (Å²) >= 11 is 11.4. The summed E-state index contributed by atoms with van der Waals surface area (Å²) in [7, 11) is 0. The molecule has 0 aromatic rings. The summed E-state index contributed by atoms with van der Waals surface area (Å²) in [6.45, 7) is 0. The average Bonchev–Trinajstić information content (AvgIpc) is 2.37. The van der Waals surface area contributed by atoms with E-state index in [0.29, 0.717) is 18.2 Å². The quantitative estimate of drug-likeness (QED) is 0.708. The van der Waals surface area contributed by atoms with Crippen molar-refractivity contribution in [1.29, 1.82) is 0 Å². The van der Waals surface area contributed by atoms with Gasteiger partial charge in [0.1, 0.15) is 0 Å². The molecule has 1 rings (SSSR count). The second kappa shape index (κ2) is 9.04. The molecule has 1 saturated carbocycles. The lowest BCUT2D eigenvalue weighted by Crippen LogP contribution is -2.36. The van der Waals surface area contributed by atoms with E-state index < -0.39 is 0 Å². The Kier molecular flexibility index (Phi) is 8.04. The van der Waals surface area contributed by atoms with E-state index in [1.54, 1.807) is 0 Å². The maximum absolute atomic E-state index is 11.7. The fraction of sp³-hybridized carbons (Fsp3) is 0.923. The standard InChI is InChI=1S/C13H23Cl2NO/c14-9-8-12(10-15)16-13(17)7-6-11-4-2-1-3-5-11/h11-12H,1-10H2,(H,16,17). The number of hydrogen-bond donors (Lipinski definition) is 1. The lowest BCUT2D eigenvalue weighted by Gasteiger charge is -2.21. The average molecular weight is 280 g/mol. The van der Waals surface area contributed by atoms with Crippen LogP contribution in [0.3, 0.4) is 0 Å². The molecule has 100 valence electrons. The minimum absolute atomic E-state index is 0.0352. The zero-order chi connectivity index (χ0) is 12.5. The molecule has 1 amide bonds. The summed E-state index contributed by atoms with van der Waals surface area (Å²) in [6, 6.07) is 0.0352. The Morgan fingerprint density at radius 2 is 1.94 bits per heavy atom. The Bertz CT molecular complexity index is 217. The maximum Gasteiger partial charge on any atom is 0.220 e. The predicted molar refractivity (Wildman–Crippen MR) is 73.8 cm³/mol. The molecule has 1 atom stereocenters. The topological polar surface area (TPSA) is 29.1 Å². The molecule has 2 nitrogen and oxygen atoms in total. The number of rotatable bonds is 7. The van der Waals surface area contributed by atoms with Crippen LogP contribution in [0.1, 0.15) is 51.4 Å². The van der Waals surface area contributed by atoms with Crippen LogP contribution in [0.25, 0.3) is 0 Å².